The van der Waals surface area contributed by atoms with Gasteiger partial charge in [0.1, 0.15) is 11.9 Å². The summed E-state index contributed by atoms with van der Waals surface area (Å²) in [5.41, 5.74) is 7.92. The SMILES string of the molecule is CC(C)Oc1cc2c(O[C@@H]3CCCNC3)ncc(-c3cnn(CCC4CCOCC4)c3)c2cc1C(N)=O. The fourth-order valence-corrected chi connectivity index (χ4v) is 5.16. The molecular formula is C28H37N5O4. The summed E-state index contributed by atoms with van der Waals surface area (Å²) in [6, 6.07) is 3.64. The van der Waals surface area contributed by atoms with Crippen LogP contribution in [-0.4, -0.2) is 59.2 Å². The predicted molar refractivity (Wildman–Crippen MR) is 142 cm³/mol. The van der Waals surface area contributed by atoms with Gasteiger partial charge in [-0.05, 0) is 75.9 Å². The Kier molecular flexibility index (Phi) is 7.90. The topological polar surface area (TPSA) is 114 Å². The van der Waals surface area contributed by atoms with Crippen molar-refractivity contribution in [2.75, 3.05) is 26.3 Å². The Morgan fingerprint density at radius 1 is 1.22 bits per heavy atom. The lowest BCUT2D eigenvalue weighted by Crippen LogP contribution is -2.37. The van der Waals surface area contributed by atoms with Gasteiger partial charge >= 0.3 is 0 Å². The van der Waals surface area contributed by atoms with Crippen LogP contribution in [0.4, 0.5) is 0 Å². The zero-order chi connectivity index (χ0) is 25.8. The van der Waals surface area contributed by atoms with Crippen molar-refractivity contribution in [1.29, 1.82) is 0 Å². The summed E-state index contributed by atoms with van der Waals surface area (Å²) in [5, 5.41) is 9.63. The van der Waals surface area contributed by atoms with Gasteiger partial charge in [0.25, 0.3) is 5.91 Å². The third-order valence-electron chi connectivity index (χ3n) is 7.16. The number of aromatic nitrogens is 3. The van der Waals surface area contributed by atoms with Crippen molar-refractivity contribution in [3.05, 3.63) is 36.3 Å². The van der Waals surface area contributed by atoms with Gasteiger partial charge in [-0.1, -0.05) is 0 Å². The number of carbonyl (C=O) groups is 1. The van der Waals surface area contributed by atoms with Crippen LogP contribution in [0.15, 0.2) is 30.7 Å². The molecular weight excluding hydrogens is 470 g/mol. The number of rotatable bonds is 9. The van der Waals surface area contributed by atoms with Crippen LogP contribution in [-0.2, 0) is 11.3 Å². The number of carbonyl (C=O) groups excluding carboxylic acids is 1. The van der Waals surface area contributed by atoms with Crippen LogP contribution in [0.25, 0.3) is 21.9 Å². The molecule has 1 atom stereocenters. The molecule has 2 fully saturated rings. The van der Waals surface area contributed by atoms with Gasteiger partial charge in [0.15, 0.2) is 0 Å². The highest BCUT2D eigenvalue weighted by atomic mass is 16.5. The Labute approximate surface area is 217 Å². The van der Waals surface area contributed by atoms with Crippen LogP contribution >= 0.6 is 0 Å². The maximum Gasteiger partial charge on any atom is 0.252 e. The molecule has 1 aromatic carbocycles. The molecule has 0 aliphatic carbocycles. The Morgan fingerprint density at radius 2 is 2.05 bits per heavy atom. The van der Waals surface area contributed by atoms with E-state index in [1.54, 1.807) is 6.07 Å². The summed E-state index contributed by atoms with van der Waals surface area (Å²) in [4.78, 5) is 17.1. The zero-order valence-electron chi connectivity index (χ0n) is 21.7. The summed E-state index contributed by atoms with van der Waals surface area (Å²) < 4.78 is 19.8. The third-order valence-corrected chi connectivity index (χ3v) is 7.16. The number of nitrogens with one attached hydrogen (secondary N) is 1. The number of nitrogens with zero attached hydrogens (tertiary/aromatic N) is 3. The van der Waals surface area contributed by atoms with Gasteiger partial charge in [0.2, 0.25) is 5.88 Å². The number of pyridine rings is 1. The van der Waals surface area contributed by atoms with Crippen molar-refractivity contribution in [3.63, 3.8) is 0 Å². The molecule has 1 amide bonds. The van der Waals surface area contributed by atoms with Gasteiger partial charge in [0.05, 0.1) is 17.9 Å². The van der Waals surface area contributed by atoms with Gasteiger partial charge in [0, 0.05) is 55.2 Å². The molecule has 2 saturated heterocycles. The first-order chi connectivity index (χ1) is 18.0. The average molecular weight is 508 g/mol. The molecule has 9 nitrogen and oxygen atoms in total. The minimum absolute atomic E-state index is 0.0357. The van der Waals surface area contributed by atoms with E-state index in [9.17, 15) is 4.79 Å². The van der Waals surface area contributed by atoms with Crippen molar-refractivity contribution in [3.8, 4) is 22.8 Å². The molecule has 0 spiro atoms. The molecule has 5 rings (SSSR count). The van der Waals surface area contributed by atoms with Crippen LogP contribution in [0.2, 0.25) is 0 Å². The highest BCUT2D eigenvalue weighted by Gasteiger charge is 2.22. The maximum atomic E-state index is 12.4. The lowest BCUT2D eigenvalue weighted by Gasteiger charge is -2.24. The number of piperidine rings is 1. The molecule has 37 heavy (non-hydrogen) atoms. The van der Waals surface area contributed by atoms with Crippen LogP contribution in [0.1, 0.15) is 56.3 Å². The van der Waals surface area contributed by atoms with Gasteiger partial charge in [-0.3, -0.25) is 9.48 Å². The quantitative estimate of drug-likeness (QED) is 0.451. The van der Waals surface area contributed by atoms with Gasteiger partial charge in [-0.25, -0.2) is 4.98 Å². The Hall–Kier alpha value is -3.17. The van der Waals surface area contributed by atoms with Gasteiger partial charge in [-0.2, -0.15) is 5.10 Å². The number of hydrogen-bond acceptors (Lipinski definition) is 7. The van der Waals surface area contributed by atoms with E-state index in [1.807, 2.05) is 43.2 Å². The predicted octanol–water partition coefficient (Wildman–Crippen LogP) is 3.93. The largest absolute Gasteiger partial charge is 0.490 e. The summed E-state index contributed by atoms with van der Waals surface area (Å²) in [7, 11) is 0. The lowest BCUT2D eigenvalue weighted by molar-refractivity contribution is 0.0623. The van der Waals surface area contributed by atoms with E-state index in [2.05, 4.69) is 10.4 Å². The molecule has 2 aliphatic rings. The third kappa shape index (κ3) is 6.05. The second-order valence-electron chi connectivity index (χ2n) is 10.3. The normalized spacial score (nSPS) is 18.8. The van der Waals surface area contributed by atoms with Crippen molar-refractivity contribution in [1.82, 2.24) is 20.1 Å². The summed E-state index contributed by atoms with van der Waals surface area (Å²) in [5.74, 6) is 1.11. The van der Waals surface area contributed by atoms with Crippen molar-refractivity contribution >= 4 is 16.7 Å². The van der Waals surface area contributed by atoms with E-state index in [-0.39, 0.29) is 12.2 Å². The van der Waals surface area contributed by atoms with E-state index >= 15 is 0 Å². The maximum absolute atomic E-state index is 12.4. The van der Waals surface area contributed by atoms with Crippen LogP contribution in [0.5, 0.6) is 11.6 Å². The summed E-state index contributed by atoms with van der Waals surface area (Å²) in [6.45, 7) is 8.17. The molecule has 3 aromatic rings. The summed E-state index contributed by atoms with van der Waals surface area (Å²) in [6.07, 6.45) is 10.9. The minimum atomic E-state index is -0.536. The number of nitrogens with two attached hydrogens (primary N) is 1. The van der Waals surface area contributed by atoms with E-state index in [1.165, 1.54) is 0 Å². The molecule has 2 aromatic heterocycles. The molecule has 0 bridgehead atoms. The second kappa shape index (κ2) is 11.5. The van der Waals surface area contributed by atoms with Gasteiger partial charge < -0.3 is 25.3 Å². The zero-order valence-corrected chi connectivity index (χ0v) is 21.7. The monoisotopic (exact) mass is 507 g/mol. The molecule has 3 N–H and O–H groups in total. The smallest absolute Gasteiger partial charge is 0.252 e. The number of benzene rings is 1. The highest BCUT2D eigenvalue weighted by molar-refractivity contribution is 6.06. The van der Waals surface area contributed by atoms with Crippen molar-refractivity contribution in [2.45, 2.75) is 64.7 Å². The first-order valence-corrected chi connectivity index (χ1v) is 13.4. The Morgan fingerprint density at radius 3 is 2.78 bits per heavy atom. The molecule has 2 aliphatic heterocycles. The lowest BCUT2D eigenvalue weighted by atomic mass is 9.97. The Bertz CT molecular complexity index is 1230. The standard InChI is InChI=1S/C28H37N5O4/c1-18(2)36-26-13-23-22(12-24(26)27(29)34)25(16-31-28(23)37-21-4-3-8-30-15-21)20-14-32-33(17-20)9-5-19-6-10-35-11-7-19/h12-14,16-19,21,30H,3-11,15H2,1-2H3,(H2,29,34)/t21-/m1/s1. The fourth-order valence-electron chi connectivity index (χ4n) is 5.16. The molecule has 0 unspecified atom stereocenters. The molecule has 0 saturated carbocycles. The van der Waals surface area contributed by atoms with E-state index in [0.29, 0.717) is 23.1 Å². The van der Waals surface area contributed by atoms with Crippen LogP contribution < -0.4 is 20.5 Å². The van der Waals surface area contributed by atoms with Gasteiger partial charge in [-0.15, -0.1) is 0 Å². The average Bonchev–Trinajstić information content (AvgIpc) is 3.37. The number of aryl methyl sites for hydroxylation is 1. The number of primary amides is 1. The van der Waals surface area contributed by atoms with Crippen molar-refractivity contribution < 1.29 is 19.0 Å². The summed E-state index contributed by atoms with van der Waals surface area (Å²) >= 11 is 0. The highest BCUT2D eigenvalue weighted by Crippen LogP contribution is 2.38. The van der Waals surface area contributed by atoms with Crippen LogP contribution in [0, 0.1) is 5.92 Å². The number of ether oxygens (including phenoxy) is 3. The van der Waals surface area contributed by atoms with E-state index in [0.717, 1.165) is 86.9 Å². The fraction of sp³-hybridized carbons (Fsp3) is 0.536. The number of fused-ring (bicyclic) bond motifs is 1. The first-order valence-electron chi connectivity index (χ1n) is 13.4. The molecule has 198 valence electrons. The van der Waals surface area contributed by atoms with Crippen LogP contribution in [0.3, 0.4) is 0 Å². The molecule has 0 radical (unpaired) electrons. The van der Waals surface area contributed by atoms with Crippen molar-refractivity contribution in [2.24, 2.45) is 11.7 Å². The Balaban J connectivity index is 1.51. The minimum Gasteiger partial charge on any atom is -0.490 e. The second-order valence-corrected chi connectivity index (χ2v) is 10.3. The molecule has 9 heteroatoms. The molecule has 4 heterocycles. The first kappa shape index (κ1) is 25.5. The van der Waals surface area contributed by atoms with E-state index in [4.69, 9.17) is 24.9 Å². The number of amides is 1. The van der Waals surface area contributed by atoms with E-state index < -0.39 is 5.91 Å². The number of hydrogen-bond donors (Lipinski definition) is 2.